The predicted octanol–water partition coefficient (Wildman–Crippen LogP) is 9.87. The van der Waals surface area contributed by atoms with Crippen LogP contribution in [0.5, 0.6) is 11.5 Å². The number of unbranched alkanes of at least 4 members (excludes halogenated alkanes) is 1. The first-order chi connectivity index (χ1) is 20.1. The van der Waals surface area contributed by atoms with Crippen LogP contribution in [0.15, 0.2) is 36.4 Å². The SMILES string of the molecule is CCCCC1CCC(c2cc(F)c(-c3cc(F)c(C(F)(F)Oc4cc(F)c(OC(F)(F)F)c(F)c4)c(F)c3)c(F)c2)OC1. The highest BCUT2D eigenvalue weighted by Crippen LogP contribution is 2.41. The summed E-state index contributed by atoms with van der Waals surface area (Å²) in [5.41, 5.74) is -3.65. The maximum atomic E-state index is 15.0. The summed E-state index contributed by atoms with van der Waals surface area (Å²) >= 11 is 0. The Labute approximate surface area is 238 Å². The number of halogens is 11. The first kappa shape index (κ1) is 32.4. The molecular formula is C29H23F11O3. The lowest BCUT2D eigenvalue weighted by Gasteiger charge is -2.29. The minimum absolute atomic E-state index is 0.129. The van der Waals surface area contributed by atoms with Crippen molar-refractivity contribution in [3.05, 3.63) is 82.4 Å². The molecule has 3 nitrogen and oxygen atoms in total. The topological polar surface area (TPSA) is 27.7 Å². The van der Waals surface area contributed by atoms with Gasteiger partial charge in [-0.05, 0) is 60.6 Å². The molecule has 1 aliphatic heterocycles. The van der Waals surface area contributed by atoms with E-state index >= 15 is 8.78 Å². The summed E-state index contributed by atoms with van der Waals surface area (Å²) in [5, 5.41) is 0. The van der Waals surface area contributed by atoms with E-state index in [-0.39, 0.29) is 29.8 Å². The van der Waals surface area contributed by atoms with Crippen LogP contribution in [0.4, 0.5) is 48.3 Å². The molecule has 1 aliphatic rings. The summed E-state index contributed by atoms with van der Waals surface area (Å²) in [7, 11) is 0. The van der Waals surface area contributed by atoms with E-state index in [0.717, 1.165) is 37.8 Å². The highest BCUT2D eigenvalue weighted by Gasteiger charge is 2.42. The predicted molar refractivity (Wildman–Crippen MR) is 130 cm³/mol. The van der Waals surface area contributed by atoms with E-state index in [0.29, 0.717) is 18.9 Å². The van der Waals surface area contributed by atoms with Crippen molar-refractivity contribution in [3.8, 4) is 22.6 Å². The number of rotatable bonds is 9. The van der Waals surface area contributed by atoms with Crippen molar-refractivity contribution in [2.75, 3.05) is 6.61 Å². The molecule has 1 saturated heterocycles. The first-order valence-electron chi connectivity index (χ1n) is 13.0. The number of hydrogen-bond donors (Lipinski definition) is 0. The Balaban J connectivity index is 1.57. The summed E-state index contributed by atoms with van der Waals surface area (Å²) < 4.78 is 167. The van der Waals surface area contributed by atoms with Crippen molar-refractivity contribution in [1.82, 2.24) is 0 Å². The Hall–Kier alpha value is -3.55. The van der Waals surface area contributed by atoms with E-state index in [1.807, 2.05) is 0 Å². The molecule has 14 heteroatoms. The third-order valence-electron chi connectivity index (χ3n) is 6.83. The lowest BCUT2D eigenvalue weighted by atomic mass is 9.90. The molecule has 2 atom stereocenters. The molecule has 1 heterocycles. The Morgan fingerprint density at radius 1 is 0.744 bits per heavy atom. The molecule has 0 bridgehead atoms. The molecule has 0 saturated carbocycles. The fourth-order valence-corrected chi connectivity index (χ4v) is 4.85. The molecule has 0 aromatic heterocycles. The Morgan fingerprint density at radius 3 is 1.81 bits per heavy atom. The largest absolute Gasteiger partial charge is 0.573 e. The molecule has 0 amide bonds. The molecule has 0 spiro atoms. The van der Waals surface area contributed by atoms with Gasteiger partial charge in [0.2, 0.25) is 5.75 Å². The van der Waals surface area contributed by atoms with E-state index in [9.17, 15) is 39.5 Å². The number of hydrogen-bond acceptors (Lipinski definition) is 3. The fraction of sp³-hybridized carbons (Fsp3) is 0.379. The molecule has 4 rings (SSSR count). The maximum absolute atomic E-state index is 15.0. The third kappa shape index (κ3) is 7.51. The molecular weight excluding hydrogens is 605 g/mol. The van der Waals surface area contributed by atoms with Gasteiger partial charge in [-0.15, -0.1) is 13.2 Å². The van der Waals surface area contributed by atoms with Gasteiger partial charge in [0, 0.05) is 12.1 Å². The van der Waals surface area contributed by atoms with E-state index in [1.165, 1.54) is 0 Å². The minimum Gasteiger partial charge on any atom is -0.429 e. The second-order valence-electron chi connectivity index (χ2n) is 9.96. The molecule has 0 aliphatic carbocycles. The van der Waals surface area contributed by atoms with E-state index in [4.69, 9.17) is 4.74 Å². The summed E-state index contributed by atoms with van der Waals surface area (Å²) in [5.74, 6) is -13.9. The van der Waals surface area contributed by atoms with Gasteiger partial charge in [-0.3, -0.25) is 0 Å². The molecule has 2 unspecified atom stereocenters. The summed E-state index contributed by atoms with van der Waals surface area (Å²) in [6, 6.07) is 1.99. The molecule has 0 N–H and O–H groups in total. The van der Waals surface area contributed by atoms with Crippen molar-refractivity contribution in [2.45, 2.75) is 57.6 Å². The molecule has 1 fully saturated rings. The second kappa shape index (κ2) is 12.6. The molecule has 3 aromatic carbocycles. The van der Waals surface area contributed by atoms with Crippen molar-refractivity contribution >= 4 is 0 Å². The van der Waals surface area contributed by atoms with Crippen molar-refractivity contribution in [2.24, 2.45) is 5.92 Å². The number of ether oxygens (including phenoxy) is 3. The van der Waals surface area contributed by atoms with Crippen molar-refractivity contribution in [1.29, 1.82) is 0 Å². The van der Waals surface area contributed by atoms with Gasteiger partial charge in [0.05, 0.1) is 18.3 Å². The fourth-order valence-electron chi connectivity index (χ4n) is 4.85. The van der Waals surface area contributed by atoms with Crippen LogP contribution in [-0.2, 0) is 10.8 Å². The third-order valence-corrected chi connectivity index (χ3v) is 6.83. The zero-order valence-electron chi connectivity index (χ0n) is 22.2. The van der Waals surface area contributed by atoms with Gasteiger partial charge in [0.1, 0.15) is 34.6 Å². The van der Waals surface area contributed by atoms with Crippen LogP contribution in [-0.4, -0.2) is 13.0 Å². The van der Waals surface area contributed by atoms with Crippen LogP contribution in [0.3, 0.4) is 0 Å². The highest BCUT2D eigenvalue weighted by molar-refractivity contribution is 5.66. The van der Waals surface area contributed by atoms with E-state index in [2.05, 4.69) is 16.4 Å². The zero-order valence-corrected chi connectivity index (χ0v) is 22.2. The first-order valence-corrected chi connectivity index (χ1v) is 13.0. The molecule has 0 radical (unpaired) electrons. The summed E-state index contributed by atoms with van der Waals surface area (Å²) in [4.78, 5) is 0. The van der Waals surface area contributed by atoms with Gasteiger partial charge in [-0.1, -0.05) is 19.8 Å². The number of benzene rings is 3. The van der Waals surface area contributed by atoms with Crippen molar-refractivity contribution in [3.63, 3.8) is 0 Å². The Kier molecular flexibility index (Phi) is 9.48. The van der Waals surface area contributed by atoms with Crippen LogP contribution in [0, 0.1) is 40.8 Å². The molecule has 43 heavy (non-hydrogen) atoms. The van der Waals surface area contributed by atoms with Crippen LogP contribution in [0.25, 0.3) is 11.1 Å². The average Bonchev–Trinajstić information content (AvgIpc) is 2.88. The summed E-state index contributed by atoms with van der Waals surface area (Å²) in [6.07, 6.45) is -6.88. The van der Waals surface area contributed by atoms with Crippen LogP contribution in [0.1, 0.15) is 56.3 Å². The smallest absolute Gasteiger partial charge is 0.429 e. The number of alkyl halides is 5. The minimum atomic E-state index is -5.53. The molecule has 234 valence electrons. The van der Waals surface area contributed by atoms with Crippen molar-refractivity contribution < 1.29 is 62.5 Å². The van der Waals surface area contributed by atoms with E-state index < -0.39 is 81.7 Å². The summed E-state index contributed by atoms with van der Waals surface area (Å²) in [6.45, 7) is 2.45. The van der Waals surface area contributed by atoms with Crippen LogP contribution < -0.4 is 9.47 Å². The monoisotopic (exact) mass is 628 g/mol. The lowest BCUT2D eigenvalue weighted by Crippen LogP contribution is -2.25. The standard InChI is InChI=1S/C29H23F11O3/c1-2-3-4-14-5-6-24(41-13-14)15-7-18(30)25(19(31)8-15)16-9-20(32)26(21(33)10-16)28(36,37)42-17-11-22(34)27(23(35)12-17)43-29(38,39)40/h7-12,14,24H,2-6,13H2,1H3. The normalized spacial score (nSPS) is 17.7. The molecule has 3 aromatic rings. The maximum Gasteiger partial charge on any atom is 0.573 e. The second-order valence-corrected chi connectivity index (χ2v) is 9.96. The van der Waals surface area contributed by atoms with Gasteiger partial charge < -0.3 is 14.2 Å². The van der Waals surface area contributed by atoms with Gasteiger partial charge in [-0.25, -0.2) is 26.3 Å². The average molecular weight is 628 g/mol. The van der Waals surface area contributed by atoms with Gasteiger partial charge in [0.25, 0.3) is 0 Å². The highest BCUT2D eigenvalue weighted by atomic mass is 19.4. The zero-order chi connectivity index (χ0) is 31.7. The van der Waals surface area contributed by atoms with Gasteiger partial charge >= 0.3 is 12.5 Å². The quantitative estimate of drug-likeness (QED) is 0.221. The van der Waals surface area contributed by atoms with Gasteiger partial charge in [-0.2, -0.15) is 8.78 Å². The van der Waals surface area contributed by atoms with Crippen LogP contribution >= 0.6 is 0 Å². The van der Waals surface area contributed by atoms with Gasteiger partial charge in [0.15, 0.2) is 11.6 Å². The Bertz CT molecular complexity index is 1400. The van der Waals surface area contributed by atoms with E-state index in [1.54, 1.807) is 0 Å². The van der Waals surface area contributed by atoms with Crippen LogP contribution in [0.2, 0.25) is 0 Å². The Morgan fingerprint density at radius 2 is 1.33 bits per heavy atom. The lowest BCUT2D eigenvalue weighted by molar-refractivity contribution is -0.276.